The molecule has 1 aliphatic rings. The van der Waals surface area contributed by atoms with Gasteiger partial charge in [0.2, 0.25) is 0 Å². The second kappa shape index (κ2) is 5.06. The third-order valence-electron chi connectivity index (χ3n) is 2.01. The van der Waals surface area contributed by atoms with Gasteiger partial charge in [0.15, 0.2) is 0 Å². The van der Waals surface area contributed by atoms with Gasteiger partial charge in [-0.3, -0.25) is 0 Å². The molecule has 0 unspecified atom stereocenters. The van der Waals surface area contributed by atoms with E-state index in [4.69, 9.17) is 0 Å². The van der Waals surface area contributed by atoms with Gasteiger partial charge in [0, 0.05) is 11.0 Å². The molecule has 0 heterocycles. The van der Waals surface area contributed by atoms with Gasteiger partial charge in [0.1, 0.15) is 0 Å². The summed E-state index contributed by atoms with van der Waals surface area (Å²) < 4.78 is 0. The summed E-state index contributed by atoms with van der Waals surface area (Å²) in [6.07, 6.45) is 8.55. The summed E-state index contributed by atoms with van der Waals surface area (Å²) in [7, 11) is 0. The highest BCUT2D eigenvalue weighted by molar-refractivity contribution is 8.01. The van der Waals surface area contributed by atoms with Crippen molar-refractivity contribution in [3.05, 3.63) is 5.75 Å². The van der Waals surface area contributed by atoms with Crippen molar-refractivity contribution in [1.82, 2.24) is 0 Å². The normalized spacial score (nSPS) is 21.3. The molecule has 0 aromatic carbocycles. The summed E-state index contributed by atoms with van der Waals surface area (Å²) >= 11 is 2.07. The van der Waals surface area contributed by atoms with Crippen molar-refractivity contribution < 1.29 is 0 Å². The smallest absolute Gasteiger partial charge is 0.0166 e. The lowest BCUT2D eigenvalue weighted by atomic mass is 10.0. The van der Waals surface area contributed by atoms with E-state index < -0.39 is 0 Å². The zero-order valence-electron chi connectivity index (χ0n) is 6.81. The van der Waals surface area contributed by atoms with Crippen LogP contribution >= 0.6 is 11.8 Å². The molecule has 0 aromatic rings. The zero-order valence-corrected chi connectivity index (χ0v) is 7.62. The summed E-state index contributed by atoms with van der Waals surface area (Å²) in [5, 5.41) is 0.966. The molecule has 0 aliphatic heterocycles. The van der Waals surface area contributed by atoms with Crippen LogP contribution in [-0.2, 0) is 0 Å². The summed E-state index contributed by atoms with van der Waals surface area (Å²) in [6, 6.07) is 0. The quantitative estimate of drug-likeness (QED) is 0.603. The Balaban J connectivity index is 2.02. The first-order valence-electron chi connectivity index (χ1n) is 4.40. The van der Waals surface area contributed by atoms with Gasteiger partial charge in [-0.05, 0) is 19.3 Å². The molecule has 1 heteroatoms. The van der Waals surface area contributed by atoms with E-state index in [2.05, 4.69) is 24.4 Å². The van der Waals surface area contributed by atoms with Crippen LogP contribution in [0.2, 0.25) is 0 Å². The fourth-order valence-corrected chi connectivity index (χ4v) is 2.50. The molecule has 1 radical (unpaired) electrons. The molecule has 0 N–H and O–H groups in total. The topological polar surface area (TPSA) is 0 Å². The second-order valence-corrected chi connectivity index (χ2v) is 4.24. The molecule has 0 aromatic heterocycles. The van der Waals surface area contributed by atoms with Gasteiger partial charge in [0.25, 0.3) is 0 Å². The molecule has 0 amide bonds. The molecular weight excluding hydrogens is 140 g/mol. The Morgan fingerprint density at radius 3 is 2.60 bits per heavy atom. The van der Waals surface area contributed by atoms with E-state index in [0.717, 1.165) is 5.25 Å². The van der Waals surface area contributed by atoms with E-state index in [1.165, 1.54) is 38.5 Å². The van der Waals surface area contributed by atoms with Crippen LogP contribution in [0.4, 0.5) is 0 Å². The Bertz CT molecular complexity index is 74.8. The number of hydrogen-bond donors (Lipinski definition) is 0. The number of rotatable bonds is 3. The van der Waals surface area contributed by atoms with Crippen LogP contribution in [0.15, 0.2) is 0 Å². The first kappa shape index (κ1) is 8.45. The van der Waals surface area contributed by atoms with E-state index in [0.29, 0.717) is 0 Å². The fourth-order valence-electron chi connectivity index (χ4n) is 1.43. The van der Waals surface area contributed by atoms with E-state index in [1.54, 1.807) is 0 Å². The largest absolute Gasteiger partial charge is 0.154 e. The maximum atomic E-state index is 2.36. The average molecular weight is 157 g/mol. The van der Waals surface area contributed by atoms with Crippen LogP contribution in [-0.4, -0.2) is 5.25 Å². The summed E-state index contributed by atoms with van der Waals surface area (Å²) in [5.41, 5.74) is 0. The average Bonchev–Trinajstić information content (AvgIpc) is 2.03. The van der Waals surface area contributed by atoms with E-state index >= 15 is 0 Å². The van der Waals surface area contributed by atoms with Crippen molar-refractivity contribution in [3.8, 4) is 0 Å². The monoisotopic (exact) mass is 157 g/mol. The summed E-state index contributed by atoms with van der Waals surface area (Å²) in [4.78, 5) is 0. The first-order valence-corrected chi connectivity index (χ1v) is 5.35. The lowest BCUT2D eigenvalue weighted by Gasteiger charge is -2.20. The van der Waals surface area contributed by atoms with Crippen molar-refractivity contribution in [2.24, 2.45) is 0 Å². The van der Waals surface area contributed by atoms with Crippen molar-refractivity contribution in [2.45, 2.75) is 50.7 Å². The van der Waals surface area contributed by atoms with Crippen LogP contribution in [0.3, 0.4) is 0 Å². The third-order valence-corrected chi connectivity index (χ3v) is 3.39. The molecular formula is C9H17S. The summed E-state index contributed by atoms with van der Waals surface area (Å²) in [6.45, 7) is 2.22. The van der Waals surface area contributed by atoms with Gasteiger partial charge in [0.05, 0.1) is 0 Å². The molecule has 1 aliphatic carbocycles. The molecule has 1 saturated carbocycles. The Labute approximate surface area is 68.8 Å². The highest BCUT2D eigenvalue weighted by Crippen LogP contribution is 2.29. The second-order valence-electron chi connectivity index (χ2n) is 2.97. The Kier molecular flexibility index (Phi) is 4.27. The van der Waals surface area contributed by atoms with Crippen LogP contribution < -0.4 is 0 Å². The van der Waals surface area contributed by atoms with Crippen LogP contribution in [0.5, 0.6) is 0 Å². The SMILES string of the molecule is CC[CH]SC1CCCCC1. The fraction of sp³-hybridized carbons (Fsp3) is 0.889. The lowest BCUT2D eigenvalue weighted by molar-refractivity contribution is 0.516. The first-order chi connectivity index (χ1) is 4.93. The molecule has 0 saturated heterocycles. The predicted molar refractivity (Wildman–Crippen MR) is 49.1 cm³/mol. The van der Waals surface area contributed by atoms with E-state index in [-0.39, 0.29) is 0 Å². The summed E-state index contributed by atoms with van der Waals surface area (Å²) in [5.74, 6) is 2.36. The molecule has 0 spiro atoms. The van der Waals surface area contributed by atoms with E-state index in [9.17, 15) is 0 Å². The van der Waals surface area contributed by atoms with Crippen molar-refractivity contribution in [3.63, 3.8) is 0 Å². The highest BCUT2D eigenvalue weighted by atomic mass is 32.2. The van der Waals surface area contributed by atoms with Crippen LogP contribution in [0.25, 0.3) is 0 Å². The predicted octanol–water partition coefficient (Wildman–Crippen LogP) is 3.62. The molecule has 0 bridgehead atoms. The van der Waals surface area contributed by atoms with Crippen LogP contribution in [0, 0.1) is 5.75 Å². The minimum atomic E-state index is 0.966. The third kappa shape index (κ3) is 2.96. The van der Waals surface area contributed by atoms with Gasteiger partial charge in [-0.2, -0.15) is 11.8 Å². The van der Waals surface area contributed by atoms with Crippen LogP contribution in [0.1, 0.15) is 45.4 Å². The minimum Gasteiger partial charge on any atom is -0.154 e. The molecule has 10 heavy (non-hydrogen) atoms. The zero-order chi connectivity index (χ0) is 7.23. The Hall–Kier alpha value is 0.350. The molecule has 1 rings (SSSR count). The number of thioether (sulfide) groups is 1. The lowest BCUT2D eigenvalue weighted by Crippen LogP contribution is -2.07. The minimum absolute atomic E-state index is 0.966. The molecule has 0 atom stereocenters. The molecule has 1 fully saturated rings. The Morgan fingerprint density at radius 1 is 1.30 bits per heavy atom. The van der Waals surface area contributed by atoms with E-state index in [1.807, 2.05) is 0 Å². The Morgan fingerprint density at radius 2 is 2.00 bits per heavy atom. The van der Waals surface area contributed by atoms with Gasteiger partial charge >= 0.3 is 0 Å². The van der Waals surface area contributed by atoms with Crippen molar-refractivity contribution in [1.29, 1.82) is 0 Å². The van der Waals surface area contributed by atoms with Crippen molar-refractivity contribution in [2.75, 3.05) is 0 Å². The van der Waals surface area contributed by atoms with Crippen molar-refractivity contribution >= 4 is 11.8 Å². The maximum Gasteiger partial charge on any atom is 0.0166 e. The standard InChI is InChI=1S/C9H17S/c1-2-8-10-9-6-4-3-5-7-9/h8-9H,2-7H2,1H3. The highest BCUT2D eigenvalue weighted by Gasteiger charge is 2.12. The van der Waals surface area contributed by atoms with Gasteiger partial charge in [-0.15, -0.1) is 0 Å². The molecule has 0 nitrogen and oxygen atoms in total. The van der Waals surface area contributed by atoms with Gasteiger partial charge in [-0.25, -0.2) is 0 Å². The number of hydrogen-bond acceptors (Lipinski definition) is 1. The maximum absolute atomic E-state index is 2.36. The van der Waals surface area contributed by atoms with Gasteiger partial charge < -0.3 is 0 Å². The van der Waals surface area contributed by atoms with Gasteiger partial charge in [-0.1, -0.05) is 26.2 Å². The molecule has 59 valence electrons.